The number of carbonyl (C=O) groups excluding carboxylic acids is 1. The van der Waals surface area contributed by atoms with Crippen molar-refractivity contribution in [3.8, 4) is 0 Å². The molecule has 0 aliphatic carbocycles. The molecule has 0 aromatic heterocycles. The van der Waals surface area contributed by atoms with Crippen molar-refractivity contribution in [3.63, 3.8) is 0 Å². The van der Waals surface area contributed by atoms with Crippen molar-refractivity contribution in [2.45, 2.75) is 19.1 Å². The standard InChI is InChI=1S/C18H18ClIN2O2S/c1-12(21-18(25)22-15-9-7-14(20)8-10-15)17(24-16(23)11-19)13-5-3-2-4-6-13/h2-10,12,17H,11H2,1H3,(H2,21,22,25). The van der Waals surface area contributed by atoms with Crippen LogP contribution in [0.4, 0.5) is 5.69 Å². The van der Waals surface area contributed by atoms with Gasteiger partial charge in [0.2, 0.25) is 0 Å². The number of ether oxygens (including phenoxy) is 1. The maximum Gasteiger partial charge on any atom is 0.321 e. The molecule has 2 rings (SSSR count). The normalized spacial score (nSPS) is 12.8. The lowest BCUT2D eigenvalue weighted by Crippen LogP contribution is -2.41. The summed E-state index contributed by atoms with van der Waals surface area (Å²) in [6.07, 6.45) is -0.496. The van der Waals surface area contributed by atoms with Gasteiger partial charge in [-0.15, -0.1) is 11.6 Å². The first-order valence-electron chi connectivity index (χ1n) is 7.63. The number of thiocarbonyl (C=S) groups is 1. The van der Waals surface area contributed by atoms with E-state index >= 15 is 0 Å². The Hall–Kier alpha value is -1.38. The smallest absolute Gasteiger partial charge is 0.321 e. The van der Waals surface area contributed by atoms with Gasteiger partial charge in [-0.2, -0.15) is 0 Å². The first-order chi connectivity index (χ1) is 12.0. The van der Waals surface area contributed by atoms with Crippen LogP contribution in [0, 0.1) is 3.57 Å². The third-order valence-corrected chi connectivity index (χ3v) is 4.57. The van der Waals surface area contributed by atoms with Crippen molar-refractivity contribution in [3.05, 3.63) is 63.7 Å². The highest BCUT2D eigenvalue weighted by Gasteiger charge is 2.24. The van der Waals surface area contributed by atoms with Gasteiger partial charge in [0.15, 0.2) is 5.11 Å². The van der Waals surface area contributed by atoms with Crippen LogP contribution in [0.1, 0.15) is 18.6 Å². The zero-order valence-electron chi connectivity index (χ0n) is 13.5. The second-order valence-corrected chi connectivity index (χ2v) is 7.27. The Labute approximate surface area is 171 Å². The molecule has 0 heterocycles. The third kappa shape index (κ3) is 6.45. The van der Waals surface area contributed by atoms with Gasteiger partial charge >= 0.3 is 5.97 Å². The first-order valence-corrected chi connectivity index (χ1v) is 9.65. The number of nitrogens with one attached hydrogen (secondary N) is 2. The lowest BCUT2D eigenvalue weighted by molar-refractivity contribution is -0.147. The van der Waals surface area contributed by atoms with Crippen molar-refractivity contribution in [1.82, 2.24) is 5.32 Å². The zero-order chi connectivity index (χ0) is 18.2. The highest BCUT2D eigenvalue weighted by Crippen LogP contribution is 2.22. The molecule has 132 valence electrons. The van der Waals surface area contributed by atoms with E-state index in [2.05, 4.69) is 33.2 Å². The fraction of sp³-hybridized carbons (Fsp3) is 0.222. The lowest BCUT2D eigenvalue weighted by atomic mass is 10.0. The molecule has 2 aromatic rings. The van der Waals surface area contributed by atoms with Crippen LogP contribution in [-0.4, -0.2) is 23.0 Å². The van der Waals surface area contributed by atoms with Crippen molar-refractivity contribution in [1.29, 1.82) is 0 Å². The van der Waals surface area contributed by atoms with Crippen molar-refractivity contribution < 1.29 is 9.53 Å². The summed E-state index contributed by atoms with van der Waals surface area (Å²) < 4.78 is 6.64. The second kappa shape index (κ2) is 9.94. The minimum Gasteiger partial charge on any atom is -0.454 e. The fourth-order valence-corrected chi connectivity index (χ4v) is 2.98. The van der Waals surface area contributed by atoms with E-state index in [0.29, 0.717) is 5.11 Å². The molecule has 0 aliphatic heterocycles. The largest absolute Gasteiger partial charge is 0.454 e. The molecule has 2 N–H and O–H groups in total. The molecule has 0 amide bonds. The molecule has 7 heteroatoms. The van der Waals surface area contributed by atoms with Crippen molar-refractivity contribution in [2.24, 2.45) is 0 Å². The number of anilines is 1. The maximum absolute atomic E-state index is 11.7. The SMILES string of the molecule is CC(NC(=S)Nc1ccc(I)cc1)C(OC(=O)CCl)c1ccccc1. The summed E-state index contributed by atoms with van der Waals surface area (Å²) in [6, 6.07) is 17.1. The predicted octanol–water partition coefficient (Wildman–Crippen LogP) is 4.49. The Balaban J connectivity index is 2.05. The monoisotopic (exact) mass is 488 g/mol. The molecule has 0 fully saturated rings. The molecule has 0 bridgehead atoms. The van der Waals surface area contributed by atoms with E-state index in [-0.39, 0.29) is 11.9 Å². The van der Waals surface area contributed by atoms with Gasteiger partial charge in [-0.25, -0.2) is 0 Å². The van der Waals surface area contributed by atoms with Gasteiger partial charge in [-0.3, -0.25) is 4.79 Å². The van der Waals surface area contributed by atoms with Crippen molar-refractivity contribution in [2.75, 3.05) is 11.2 Å². The highest BCUT2D eigenvalue weighted by atomic mass is 127. The number of alkyl halides is 1. The fourth-order valence-electron chi connectivity index (χ4n) is 2.26. The van der Waals surface area contributed by atoms with Gasteiger partial charge in [0.25, 0.3) is 0 Å². The van der Waals surface area contributed by atoms with Crippen LogP contribution in [0.15, 0.2) is 54.6 Å². The predicted molar refractivity (Wildman–Crippen MR) is 114 cm³/mol. The van der Waals surface area contributed by atoms with E-state index in [1.165, 1.54) is 0 Å². The average Bonchev–Trinajstić information content (AvgIpc) is 2.62. The van der Waals surface area contributed by atoms with Crippen LogP contribution in [0.25, 0.3) is 0 Å². The van der Waals surface area contributed by atoms with Crippen LogP contribution < -0.4 is 10.6 Å². The highest BCUT2D eigenvalue weighted by molar-refractivity contribution is 14.1. The Bertz CT molecular complexity index is 713. The molecule has 0 saturated heterocycles. The van der Waals surface area contributed by atoms with E-state index in [1.54, 1.807) is 0 Å². The summed E-state index contributed by atoms with van der Waals surface area (Å²) in [5, 5.41) is 6.75. The molecule has 2 aromatic carbocycles. The lowest BCUT2D eigenvalue weighted by Gasteiger charge is -2.26. The minimum absolute atomic E-state index is 0.193. The summed E-state index contributed by atoms with van der Waals surface area (Å²) in [5.74, 6) is -0.665. The van der Waals surface area contributed by atoms with E-state index in [1.807, 2.05) is 61.5 Å². The van der Waals surface area contributed by atoms with E-state index in [4.69, 9.17) is 28.6 Å². The Morgan fingerprint density at radius 1 is 1.20 bits per heavy atom. The quantitative estimate of drug-likeness (QED) is 0.272. The summed E-state index contributed by atoms with van der Waals surface area (Å²) in [6.45, 7) is 1.90. The number of halogens is 2. The molecule has 2 atom stereocenters. The molecular weight excluding hydrogens is 471 g/mol. The summed E-state index contributed by atoms with van der Waals surface area (Å²) >= 11 is 13.2. The van der Waals surface area contributed by atoms with E-state index < -0.39 is 12.1 Å². The van der Waals surface area contributed by atoms with Gasteiger partial charge in [0.1, 0.15) is 12.0 Å². The molecule has 0 radical (unpaired) electrons. The molecule has 0 spiro atoms. The zero-order valence-corrected chi connectivity index (χ0v) is 17.3. The number of esters is 1. The molecule has 0 aliphatic rings. The van der Waals surface area contributed by atoms with Gasteiger partial charge in [-0.1, -0.05) is 30.3 Å². The van der Waals surface area contributed by atoms with Crippen molar-refractivity contribution >= 4 is 63.2 Å². The van der Waals surface area contributed by atoms with E-state index in [0.717, 1.165) is 14.8 Å². The summed E-state index contributed by atoms with van der Waals surface area (Å²) in [5.41, 5.74) is 1.76. The molecular formula is C18H18ClIN2O2S. The number of rotatable bonds is 6. The van der Waals surface area contributed by atoms with Gasteiger partial charge in [-0.05, 0) is 71.6 Å². The van der Waals surface area contributed by atoms with Crippen LogP contribution in [-0.2, 0) is 9.53 Å². The summed E-state index contributed by atoms with van der Waals surface area (Å²) in [7, 11) is 0. The first kappa shape index (κ1) is 19.9. The third-order valence-electron chi connectivity index (χ3n) is 3.41. The van der Waals surface area contributed by atoms with Crippen LogP contribution >= 0.6 is 46.4 Å². The van der Waals surface area contributed by atoms with Crippen LogP contribution in [0.3, 0.4) is 0 Å². The number of carbonyl (C=O) groups is 1. The van der Waals surface area contributed by atoms with Gasteiger partial charge in [0.05, 0.1) is 6.04 Å². The number of hydrogen-bond acceptors (Lipinski definition) is 3. The van der Waals surface area contributed by atoms with E-state index in [9.17, 15) is 4.79 Å². The second-order valence-electron chi connectivity index (χ2n) is 5.35. The Morgan fingerprint density at radius 3 is 2.44 bits per heavy atom. The van der Waals surface area contributed by atoms with Gasteiger partial charge < -0.3 is 15.4 Å². The molecule has 4 nitrogen and oxygen atoms in total. The maximum atomic E-state index is 11.7. The molecule has 25 heavy (non-hydrogen) atoms. The topological polar surface area (TPSA) is 50.4 Å². The Morgan fingerprint density at radius 2 is 1.84 bits per heavy atom. The van der Waals surface area contributed by atoms with Crippen LogP contribution in [0.2, 0.25) is 0 Å². The minimum atomic E-state index is -0.496. The molecule has 0 saturated carbocycles. The average molecular weight is 489 g/mol. The van der Waals surface area contributed by atoms with Crippen LogP contribution in [0.5, 0.6) is 0 Å². The molecule has 2 unspecified atom stereocenters. The number of benzene rings is 2. The Kier molecular flexibility index (Phi) is 7.92. The number of hydrogen-bond donors (Lipinski definition) is 2. The van der Waals surface area contributed by atoms with Gasteiger partial charge in [0, 0.05) is 9.26 Å². The summed E-state index contributed by atoms with van der Waals surface area (Å²) in [4.78, 5) is 11.7.